The highest BCUT2D eigenvalue weighted by Crippen LogP contribution is 2.29. The Hall–Kier alpha value is -3.82. The Kier molecular flexibility index (Phi) is 4.57. The molecule has 0 bridgehead atoms. The molecule has 0 saturated heterocycles. The molecule has 0 aliphatic carbocycles. The number of allylic oxidation sites excluding steroid dienone is 2. The van der Waals surface area contributed by atoms with E-state index < -0.39 is 0 Å². The summed E-state index contributed by atoms with van der Waals surface area (Å²) in [6.45, 7) is 1.40. The van der Waals surface area contributed by atoms with Gasteiger partial charge in [0.25, 0.3) is 0 Å². The average Bonchev–Trinajstić information content (AvgIpc) is 2.54. The standard InChI is InChI=1S/C17H11N5O/c1-11(23)21-16-7-14(6-12-4-2-3-5-15(12)16)22-17(10-20)13(8-18)9-19/h2-7,22H,1H3,(H,21,23). The maximum atomic E-state index is 11.4. The lowest BCUT2D eigenvalue weighted by molar-refractivity contribution is -0.114. The summed E-state index contributed by atoms with van der Waals surface area (Å²) in [7, 11) is 0. The lowest BCUT2D eigenvalue weighted by Gasteiger charge is -2.12. The van der Waals surface area contributed by atoms with Crippen LogP contribution in [0.1, 0.15) is 6.92 Å². The summed E-state index contributed by atoms with van der Waals surface area (Å²) < 4.78 is 0. The highest BCUT2D eigenvalue weighted by Gasteiger charge is 2.09. The molecule has 0 unspecified atom stereocenters. The molecule has 23 heavy (non-hydrogen) atoms. The normalized spacial score (nSPS) is 9.13. The van der Waals surface area contributed by atoms with Gasteiger partial charge in [-0.25, -0.2) is 0 Å². The minimum Gasteiger partial charge on any atom is -0.345 e. The molecule has 0 radical (unpaired) electrons. The predicted octanol–water partition coefficient (Wildman–Crippen LogP) is 3.03. The van der Waals surface area contributed by atoms with Crippen LogP contribution in [-0.4, -0.2) is 5.91 Å². The van der Waals surface area contributed by atoms with E-state index in [1.165, 1.54) is 6.92 Å². The fourth-order valence-corrected chi connectivity index (χ4v) is 2.10. The molecule has 0 spiro atoms. The van der Waals surface area contributed by atoms with Crippen molar-refractivity contribution in [2.45, 2.75) is 6.92 Å². The van der Waals surface area contributed by atoms with Crippen LogP contribution in [-0.2, 0) is 4.79 Å². The zero-order chi connectivity index (χ0) is 16.8. The number of hydrogen-bond acceptors (Lipinski definition) is 5. The molecule has 2 aromatic rings. The molecule has 0 aliphatic heterocycles. The summed E-state index contributed by atoms with van der Waals surface area (Å²) in [5.74, 6) is -0.224. The highest BCUT2D eigenvalue weighted by atomic mass is 16.1. The third-order valence-electron chi connectivity index (χ3n) is 3.03. The Morgan fingerprint density at radius 3 is 2.30 bits per heavy atom. The van der Waals surface area contributed by atoms with Crippen LogP contribution in [0.15, 0.2) is 47.7 Å². The number of carbonyl (C=O) groups is 1. The Balaban J connectivity index is 2.57. The number of anilines is 2. The molecule has 2 N–H and O–H groups in total. The Labute approximate surface area is 132 Å². The van der Waals surface area contributed by atoms with E-state index in [1.54, 1.807) is 30.3 Å². The minimum atomic E-state index is -0.304. The summed E-state index contributed by atoms with van der Waals surface area (Å²) in [5, 5.41) is 34.0. The molecule has 0 saturated carbocycles. The molecular weight excluding hydrogens is 290 g/mol. The Morgan fingerprint density at radius 1 is 1.00 bits per heavy atom. The van der Waals surface area contributed by atoms with Crippen LogP contribution < -0.4 is 10.6 Å². The summed E-state index contributed by atoms with van der Waals surface area (Å²) in [6.07, 6.45) is 0. The predicted molar refractivity (Wildman–Crippen MR) is 85.7 cm³/mol. The van der Waals surface area contributed by atoms with Crippen molar-refractivity contribution in [2.75, 3.05) is 10.6 Å². The quantitative estimate of drug-likeness (QED) is 0.846. The fourth-order valence-electron chi connectivity index (χ4n) is 2.10. The van der Waals surface area contributed by atoms with Crippen molar-refractivity contribution in [3.05, 3.63) is 47.7 Å². The Bertz CT molecular complexity index is 922. The van der Waals surface area contributed by atoms with Gasteiger partial charge in [-0.15, -0.1) is 0 Å². The second kappa shape index (κ2) is 6.76. The minimum absolute atomic E-state index is 0.140. The van der Waals surface area contributed by atoms with Crippen molar-refractivity contribution in [2.24, 2.45) is 0 Å². The van der Waals surface area contributed by atoms with Crippen LogP contribution in [0, 0.1) is 34.0 Å². The van der Waals surface area contributed by atoms with E-state index in [9.17, 15) is 4.79 Å². The first-order valence-corrected chi connectivity index (χ1v) is 6.61. The van der Waals surface area contributed by atoms with Gasteiger partial charge in [0.05, 0.1) is 5.69 Å². The number of nitrogens with one attached hydrogen (secondary N) is 2. The number of nitriles is 3. The Morgan fingerprint density at radius 2 is 1.70 bits per heavy atom. The third-order valence-corrected chi connectivity index (χ3v) is 3.03. The van der Waals surface area contributed by atoms with Crippen LogP contribution in [0.25, 0.3) is 10.8 Å². The van der Waals surface area contributed by atoms with Gasteiger partial charge in [-0.3, -0.25) is 4.79 Å². The lowest BCUT2D eigenvalue weighted by atomic mass is 10.1. The monoisotopic (exact) mass is 301 g/mol. The second-order valence-corrected chi connectivity index (χ2v) is 4.64. The maximum Gasteiger partial charge on any atom is 0.221 e. The molecule has 6 nitrogen and oxygen atoms in total. The maximum absolute atomic E-state index is 11.4. The van der Waals surface area contributed by atoms with Gasteiger partial charge >= 0.3 is 0 Å². The van der Waals surface area contributed by atoms with Crippen LogP contribution in [0.4, 0.5) is 11.4 Å². The zero-order valence-electron chi connectivity index (χ0n) is 12.2. The number of rotatable bonds is 3. The van der Waals surface area contributed by atoms with Crippen molar-refractivity contribution < 1.29 is 4.79 Å². The van der Waals surface area contributed by atoms with E-state index in [1.807, 2.05) is 24.3 Å². The van der Waals surface area contributed by atoms with Crippen LogP contribution in [0.5, 0.6) is 0 Å². The first kappa shape index (κ1) is 15.6. The molecular formula is C17H11N5O. The third kappa shape index (κ3) is 3.44. The first-order chi connectivity index (χ1) is 11.1. The van der Waals surface area contributed by atoms with Gasteiger partial charge in [0.2, 0.25) is 5.91 Å². The van der Waals surface area contributed by atoms with Gasteiger partial charge in [0.1, 0.15) is 23.9 Å². The van der Waals surface area contributed by atoms with Crippen molar-refractivity contribution in [1.29, 1.82) is 15.8 Å². The first-order valence-electron chi connectivity index (χ1n) is 6.61. The van der Waals surface area contributed by atoms with Gasteiger partial charge in [0.15, 0.2) is 5.57 Å². The molecule has 0 fully saturated rings. The second-order valence-electron chi connectivity index (χ2n) is 4.64. The SMILES string of the molecule is CC(=O)Nc1cc(NC(C#N)=C(C#N)C#N)cc2ccccc12. The molecule has 2 aromatic carbocycles. The molecule has 6 heteroatoms. The summed E-state index contributed by atoms with van der Waals surface area (Å²) in [4.78, 5) is 11.4. The number of carbonyl (C=O) groups excluding carboxylic acids is 1. The van der Waals surface area contributed by atoms with Crippen LogP contribution in [0.2, 0.25) is 0 Å². The molecule has 1 amide bonds. The molecule has 0 atom stereocenters. The number of fused-ring (bicyclic) bond motifs is 1. The number of hydrogen-bond donors (Lipinski definition) is 2. The summed E-state index contributed by atoms with van der Waals surface area (Å²) >= 11 is 0. The smallest absolute Gasteiger partial charge is 0.221 e. The molecule has 0 heterocycles. The average molecular weight is 301 g/mol. The fraction of sp³-hybridized carbons (Fsp3) is 0.0588. The van der Waals surface area contributed by atoms with Crippen molar-refractivity contribution in [3.63, 3.8) is 0 Å². The summed E-state index contributed by atoms with van der Waals surface area (Å²) in [6, 6.07) is 16.0. The van der Waals surface area contributed by atoms with Crippen LogP contribution in [0.3, 0.4) is 0 Å². The van der Waals surface area contributed by atoms with Crippen molar-refractivity contribution in [3.8, 4) is 18.2 Å². The molecule has 110 valence electrons. The zero-order valence-corrected chi connectivity index (χ0v) is 12.2. The number of amides is 1. The van der Waals surface area contributed by atoms with E-state index >= 15 is 0 Å². The molecule has 0 aromatic heterocycles. The lowest BCUT2D eigenvalue weighted by Crippen LogP contribution is -2.07. The van der Waals surface area contributed by atoms with E-state index in [4.69, 9.17) is 15.8 Å². The number of benzene rings is 2. The summed E-state index contributed by atoms with van der Waals surface area (Å²) in [5.41, 5.74) is 0.624. The van der Waals surface area contributed by atoms with E-state index in [0.717, 1.165) is 10.8 Å². The van der Waals surface area contributed by atoms with Gasteiger partial charge in [-0.2, -0.15) is 15.8 Å². The largest absolute Gasteiger partial charge is 0.345 e. The van der Waals surface area contributed by atoms with Gasteiger partial charge in [0, 0.05) is 18.0 Å². The van der Waals surface area contributed by atoms with Gasteiger partial charge in [-0.1, -0.05) is 24.3 Å². The van der Waals surface area contributed by atoms with E-state index in [2.05, 4.69) is 10.6 Å². The molecule has 2 rings (SSSR count). The van der Waals surface area contributed by atoms with Gasteiger partial charge < -0.3 is 10.6 Å². The van der Waals surface area contributed by atoms with Crippen LogP contribution >= 0.6 is 0 Å². The topological polar surface area (TPSA) is 112 Å². The van der Waals surface area contributed by atoms with Crippen molar-refractivity contribution >= 4 is 28.1 Å². The van der Waals surface area contributed by atoms with E-state index in [0.29, 0.717) is 11.4 Å². The van der Waals surface area contributed by atoms with Crippen molar-refractivity contribution in [1.82, 2.24) is 0 Å². The number of nitrogens with zero attached hydrogens (tertiary/aromatic N) is 3. The molecule has 0 aliphatic rings. The van der Waals surface area contributed by atoms with E-state index in [-0.39, 0.29) is 17.2 Å². The highest BCUT2D eigenvalue weighted by molar-refractivity contribution is 6.03. The van der Waals surface area contributed by atoms with Gasteiger partial charge in [-0.05, 0) is 17.5 Å².